The van der Waals surface area contributed by atoms with Crippen LogP contribution < -0.4 is 10.6 Å². The number of halogens is 1. The minimum Gasteiger partial charge on any atom is -0.395 e. The number of nitrogens with two attached hydrogens (primary N) is 1. The number of benzene rings is 1. The Kier molecular flexibility index (Phi) is 4.99. The summed E-state index contributed by atoms with van der Waals surface area (Å²) >= 11 is 0. The summed E-state index contributed by atoms with van der Waals surface area (Å²) in [5, 5.41) is 0. The Morgan fingerprint density at radius 2 is 2.00 bits per heavy atom. The van der Waals surface area contributed by atoms with E-state index in [2.05, 4.69) is 9.80 Å². The van der Waals surface area contributed by atoms with Gasteiger partial charge >= 0.3 is 0 Å². The average molecular weight is 267 g/mol. The van der Waals surface area contributed by atoms with Gasteiger partial charge in [-0.05, 0) is 18.6 Å². The third-order valence-corrected chi connectivity index (χ3v) is 3.57. The molecule has 0 saturated carbocycles. The number of methoxy groups -OCH3 is 1. The zero-order chi connectivity index (χ0) is 13.7. The lowest BCUT2D eigenvalue weighted by atomic mass is 10.2. The molecule has 106 valence electrons. The second-order valence-corrected chi connectivity index (χ2v) is 4.85. The van der Waals surface area contributed by atoms with Crippen molar-refractivity contribution in [1.29, 1.82) is 0 Å². The van der Waals surface area contributed by atoms with Crippen molar-refractivity contribution in [2.24, 2.45) is 0 Å². The molecule has 1 aliphatic heterocycles. The van der Waals surface area contributed by atoms with Gasteiger partial charge in [-0.25, -0.2) is 4.39 Å². The molecule has 0 bridgehead atoms. The quantitative estimate of drug-likeness (QED) is 0.649. The van der Waals surface area contributed by atoms with E-state index in [-0.39, 0.29) is 11.5 Å². The highest BCUT2D eigenvalue weighted by atomic mass is 19.1. The Hall–Kier alpha value is -1.33. The van der Waals surface area contributed by atoms with Gasteiger partial charge in [0, 0.05) is 46.4 Å². The maximum atomic E-state index is 13.4. The van der Waals surface area contributed by atoms with Crippen LogP contribution in [0, 0.1) is 5.82 Å². The van der Waals surface area contributed by atoms with E-state index in [9.17, 15) is 4.39 Å². The highest BCUT2D eigenvalue weighted by Gasteiger charge is 2.19. The van der Waals surface area contributed by atoms with Gasteiger partial charge in [0.25, 0.3) is 0 Å². The van der Waals surface area contributed by atoms with Gasteiger partial charge in [0.05, 0.1) is 11.4 Å². The van der Waals surface area contributed by atoms with Gasteiger partial charge in [-0.3, -0.25) is 4.90 Å². The van der Waals surface area contributed by atoms with Crippen LogP contribution in [0.4, 0.5) is 15.8 Å². The lowest BCUT2D eigenvalue weighted by Crippen LogP contribution is -2.47. The molecule has 1 aliphatic rings. The van der Waals surface area contributed by atoms with Gasteiger partial charge in [0.15, 0.2) is 0 Å². The van der Waals surface area contributed by atoms with Crippen LogP contribution in [0.1, 0.15) is 6.42 Å². The van der Waals surface area contributed by atoms with Crippen LogP contribution in [-0.2, 0) is 4.74 Å². The summed E-state index contributed by atoms with van der Waals surface area (Å²) in [7, 11) is 1.73. The number of hydrogen-bond acceptors (Lipinski definition) is 4. The molecule has 0 aromatic heterocycles. The Balaban J connectivity index is 1.87. The van der Waals surface area contributed by atoms with E-state index in [4.69, 9.17) is 10.5 Å². The smallest absolute Gasteiger partial charge is 0.148 e. The first-order valence-electron chi connectivity index (χ1n) is 6.72. The van der Waals surface area contributed by atoms with Gasteiger partial charge in [0.2, 0.25) is 0 Å². The van der Waals surface area contributed by atoms with Crippen molar-refractivity contribution in [1.82, 2.24) is 4.90 Å². The first-order chi connectivity index (χ1) is 9.22. The lowest BCUT2D eigenvalue weighted by Gasteiger charge is -2.36. The first kappa shape index (κ1) is 14.1. The van der Waals surface area contributed by atoms with Crippen molar-refractivity contribution in [3.63, 3.8) is 0 Å². The van der Waals surface area contributed by atoms with E-state index in [0.29, 0.717) is 0 Å². The van der Waals surface area contributed by atoms with Crippen LogP contribution in [0.3, 0.4) is 0 Å². The molecule has 0 amide bonds. The molecule has 0 radical (unpaired) electrons. The van der Waals surface area contributed by atoms with E-state index < -0.39 is 0 Å². The fraction of sp³-hybridized carbons (Fsp3) is 0.571. The molecule has 1 heterocycles. The van der Waals surface area contributed by atoms with E-state index in [1.54, 1.807) is 13.2 Å². The number of hydrogen-bond donors (Lipinski definition) is 1. The summed E-state index contributed by atoms with van der Waals surface area (Å²) in [5.74, 6) is -0.333. The summed E-state index contributed by atoms with van der Waals surface area (Å²) in [6, 6.07) is 5.00. The highest BCUT2D eigenvalue weighted by molar-refractivity contribution is 5.68. The summed E-state index contributed by atoms with van der Waals surface area (Å²) in [6.45, 7) is 5.61. The standard InChI is InChI=1S/C14H22FN3O/c1-19-11-3-6-17-7-9-18(10-8-17)13-5-2-4-12(15)14(13)16/h2,4-5H,3,6-11,16H2,1H3. The van der Waals surface area contributed by atoms with E-state index in [0.717, 1.165) is 51.4 Å². The van der Waals surface area contributed by atoms with Crippen LogP contribution in [0.15, 0.2) is 18.2 Å². The van der Waals surface area contributed by atoms with Gasteiger partial charge < -0.3 is 15.4 Å². The Bertz CT molecular complexity index is 406. The number of para-hydroxylation sites is 1. The molecule has 0 spiro atoms. The van der Waals surface area contributed by atoms with Crippen molar-refractivity contribution >= 4 is 11.4 Å². The Morgan fingerprint density at radius 3 is 2.68 bits per heavy atom. The number of ether oxygens (including phenoxy) is 1. The second-order valence-electron chi connectivity index (χ2n) is 4.85. The average Bonchev–Trinajstić information content (AvgIpc) is 2.43. The number of piperazine rings is 1. The lowest BCUT2D eigenvalue weighted by molar-refractivity contribution is 0.169. The van der Waals surface area contributed by atoms with Crippen LogP contribution in [0.5, 0.6) is 0 Å². The Labute approximate surface area is 113 Å². The summed E-state index contributed by atoms with van der Waals surface area (Å²) in [4.78, 5) is 4.57. The molecule has 0 atom stereocenters. The van der Waals surface area contributed by atoms with E-state index >= 15 is 0 Å². The van der Waals surface area contributed by atoms with Crippen molar-refractivity contribution in [2.75, 3.05) is 57.1 Å². The van der Waals surface area contributed by atoms with Gasteiger partial charge in [-0.1, -0.05) is 6.07 Å². The minimum atomic E-state index is -0.333. The predicted octanol–water partition coefficient (Wildman–Crippen LogP) is 1.57. The topological polar surface area (TPSA) is 41.7 Å². The molecule has 0 unspecified atom stereocenters. The third-order valence-electron chi connectivity index (χ3n) is 3.57. The molecular weight excluding hydrogens is 245 g/mol. The van der Waals surface area contributed by atoms with Crippen LogP contribution in [0.2, 0.25) is 0 Å². The summed E-state index contributed by atoms with van der Waals surface area (Å²) in [6.07, 6.45) is 1.05. The summed E-state index contributed by atoms with van der Waals surface area (Å²) in [5.41, 5.74) is 6.88. The van der Waals surface area contributed by atoms with Crippen molar-refractivity contribution in [3.8, 4) is 0 Å². The Morgan fingerprint density at radius 1 is 1.26 bits per heavy atom. The number of rotatable bonds is 5. The maximum Gasteiger partial charge on any atom is 0.148 e. The van der Waals surface area contributed by atoms with Crippen molar-refractivity contribution in [2.45, 2.75) is 6.42 Å². The van der Waals surface area contributed by atoms with Crippen LogP contribution in [0.25, 0.3) is 0 Å². The van der Waals surface area contributed by atoms with Crippen LogP contribution in [-0.4, -0.2) is 51.3 Å². The van der Waals surface area contributed by atoms with Gasteiger partial charge in [-0.2, -0.15) is 0 Å². The maximum absolute atomic E-state index is 13.4. The molecule has 2 N–H and O–H groups in total. The molecule has 1 aromatic carbocycles. The number of nitrogen functional groups attached to an aromatic ring is 1. The molecule has 2 rings (SSSR count). The number of anilines is 2. The molecule has 1 saturated heterocycles. The van der Waals surface area contributed by atoms with Gasteiger partial charge in [0.1, 0.15) is 5.82 Å². The molecule has 1 aromatic rings. The SMILES string of the molecule is COCCCN1CCN(c2cccc(F)c2N)CC1. The third kappa shape index (κ3) is 3.58. The zero-order valence-electron chi connectivity index (χ0n) is 11.4. The molecule has 19 heavy (non-hydrogen) atoms. The molecule has 0 aliphatic carbocycles. The highest BCUT2D eigenvalue weighted by Crippen LogP contribution is 2.26. The van der Waals surface area contributed by atoms with Crippen molar-refractivity contribution in [3.05, 3.63) is 24.0 Å². The van der Waals surface area contributed by atoms with Crippen molar-refractivity contribution < 1.29 is 9.13 Å². The van der Waals surface area contributed by atoms with Gasteiger partial charge in [-0.15, -0.1) is 0 Å². The molecule has 4 nitrogen and oxygen atoms in total. The second kappa shape index (κ2) is 6.73. The fourth-order valence-corrected chi connectivity index (χ4v) is 2.45. The molecular formula is C14H22FN3O. The fourth-order valence-electron chi connectivity index (χ4n) is 2.45. The first-order valence-corrected chi connectivity index (χ1v) is 6.72. The van der Waals surface area contributed by atoms with Crippen LogP contribution >= 0.6 is 0 Å². The minimum absolute atomic E-state index is 0.260. The largest absolute Gasteiger partial charge is 0.395 e. The molecule has 1 fully saturated rings. The van der Waals surface area contributed by atoms with E-state index in [1.807, 2.05) is 6.07 Å². The zero-order valence-corrected chi connectivity index (χ0v) is 11.4. The number of nitrogens with zero attached hydrogens (tertiary/aromatic N) is 2. The molecule has 5 heteroatoms. The van der Waals surface area contributed by atoms with E-state index in [1.165, 1.54) is 6.07 Å². The summed E-state index contributed by atoms with van der Waals surface area (Å²) < 4.78 is 18.5. The monoisotopic (exact) mass is 267 g/mol. The normalized spacial score (nSPS) is 16.8. The predicted molar refractivity (Wildman–Crippen MR) is 76.0 cm³/mol.